The molecule has 1 saturated carbocycles. The zero-order chi connectivity index (χ0) is 43.3. The Morgan fingerprint density at radius 1 is 1.00 bits per heavy atom. The fraction of sp³-hybridized carbons (Fsp3) is 0.500. The quantitative estimate of drug-likeness (QED) is 0.157. The lowest BCUT2D eigenvalue weighted by Crippen LogP contribution is -2.50. The van der Waals surface area contributed by atoms with Gasteiger partial charge in [-0.15, -0.1) is 0 Å². The van der Waals surface area contributed by atoms with Gasteiger partial charge in [0.25, 0.3) is 11.8 Å². The normalized spacial score (nSPS) is 19.3. The summed E-state index contributed by atoms with van der Waals surface area (Å²) in [6.07, 6.45) is 4.64. The first-order valence-corrected chi connectivity index (χ1v) is 20.9. The van der Waals surface area contributed by atoms with Gasteiger partial charge in [0.2, 0.25) is 5.91 Å². The maximum absolute atomic E-state index is 13.6. The molecule has 17 heteroatoms. The van der Waals surface area contributed by atoms with Gasteiger partial charge >= 0.3 is 12.2 Å². The van der Waals surface area contributed by atoms with Gasteiger partial charge in [-0.1, -0.05) is 6.07 Å². The molecule has 1 spiro atoms. The van der Waals surface area contributed by atoms with E-state index in [1.54, 1.807) is 44.2 Å². The number of piperidine rings is 2. The number of halogens is 3. The molecule has 8 rings (SSSR count). The molecule has 1 aliphatic carbocycles. The average molecular weight is 845 g/mol. The van der Waals surface area contributed by atoms with E-state index in [2.05, 4.69) is 20.5 Å². The topological polar surface area (TPSA) is 162 Å². The lowest BCUT2D eigenvalue weighted by Gasteiger charge is -2.53. The number of aliphatic hydroxyl groups is 1. The van der Waals surface area contributed by atoms with E-state index in [0.29, 0.717) is 47.1 Å². The molecule has 3 saturated heterocycles. The first kappa shape index (κ1) is 42.2. The smallest absolute Gasteiger partial charge is 0.433 e. The summed E-state index contributed by atoms with van der Waals surface area (Å²) < 4.78 is 47.2. The summed E-state index contributed by atoms with van der Waals surface area (Å²) in [6.45, 7) is 7.63. The molecule has 4 aromatic rings. The molecule has 3 N–H and O–H groups in total. The summed E-state index contributed by atoms with van der Waals surface area (Å²) in [6, 6.07) is 11.3. The van der Waals surface area contributed by atoms with Crippen molar-refractivity contribution in [2.45, 2.75) is 83.0 Å². The van der Waals surface area contributed by atoms with Crippen molar-refractivity contribution < 1.29 is 42.2 Å². The molecular weight excluding hydrogens is 794 g/mol. The van der Waals surface area contributed by atoms with Crippen LogP contribution in [-0.2, 0) is 16.6 Å². The number of nitrogens with zero attached hydrogens (tertiary/aromatic N) is 6. The number of methoxy groups -OCH3 is 1. The summed E-state index contributed by atoms with van der Waals surface area (Å²) in [5.74, 6) is -0.103. The molecule has 5 amide bonds. The zero-order valence-corrected chi connectivity index (χ0v) is 34.6. The van der Waals surface area contributed by atoms with Gasteiger partial charge in [0.05, 0.1) is 30.0 Å². The highest BCUT2D eigenvalue weighted by Crippen LogP contribution is 2.54. The van der Waals surface area contributed by atoms with Crippen LogP contribution in [0.4, 0.5) is 29.3 Å². The van der Waals surface area contributed by atoms with Crippen molar-refractivity contribution in [2.75, 3.05) is 56.6 Å². The molecule has 3 aliphatic heterocycles. The van der Waals surface area contributed by atoms with Crippen LogP contribution >= 0.6 is 0 Å². The highest BCUT2D eigenvalue weighted by atomic mass is 19.4. The SMILES string of the molecule is COc1ccc(C(=O)N2CCC3(CC2)CC(CCN2CCC(n4cc5cc(NC(=O)c6cccc(C(F)(F)F)n6)c(C(C)(C)O)cc5n4)CC2)C3)cc1N1CCC(=O)NC1=O. The maximum atomic E-state index is 13.6. The Bertz CT molecular complexity index is 2330. The average Bonchev–Trinajstić information content (AvgIpc) is 3.64. The molecule has 4 fully saturated rings. The number of alkyl halides is 3. The third-order valence-corrected chi connectivity index (χ3v) is 13.0. The lowest BCUT2D eigenvalue weighted by atomic mass is 9.57. The van der Waals surface area contributed by atoms with E-state index in [9.17, 15) is 37.5 Å². The lowest BCUT2D eigenvalue weighted by molar-refractivity contribution is -0.141. The fourth-order valence-corrected chi connectivity index (χ4v) is 9.54. The van der Waals surface area contributed by atoms with Gasteiger partial charge in [-0.25, -0.2) is 9.78 Å². The molecule has 0 bridgehead atoms. The van der Waals surface area contributed by atoms with Gasteiger partial charge in [0.15, 0.2) is 0 Å². The molecule has 0 radical (unpaired) electrons. The molecule has 2 aromatic heterocycles. The predicted molar refractivity (Wildman–Crippen MR) is 220 cm³/mol. The predicted octanol–water partition coefficient (Wildman–Crippen LogP) is 6.74. The number of nitrogens with one attached hydrogen (secondary N) is 2. The fourth-order valence-electron chi connectivity index (χ4n) is 9.54. The Morgan fingerprint density at radius 2 is 1.74 bits per heavy atom. The van der Waals surface area contributed by atoms with Crippen molar-refractivity contribution in [1.82, 2.24) is 29.9 Å². The third kappa shape index (κ3) is 8.94. The molecule has 61 heavy (non-hydrogen) atoms. The van der Waals surface area contributed by atoms with E-state index in [-0.39, 0.29) is 47.6 Å². The number of ether oxygens (including phenoxy) is 1. The number of amides is 5. The van der Waals surface area contributed by atoms with E-state index in [0.717, 1.165) is 69.3 Å². The minimum Gasteiger partial charge on any atom is -0.495 e. The van der Waals surface area contributed by atoms with Crippen LogP contribution in [0.3, 0.4) is 0 Å². The number of carbonyl (C=O) groups is 4. The van der Waals surface area contributed by atoms with Gasteiger partial charge in [-0.2, -0.15) is 18.3 Å². The molecule has 14 nitrogen and oxygen atoms in total. The van der Waals surface area contributed by atoms with E-state index in [1.807, 2.05) is 15.8 Å². The van der Waals surface area contributed by atoms with Crippen LogP contribution in [0.2, 0.25) is 0 Å². The number of urea groups is 1. The van der Waals surface area contributed by atoms with Crippen molar-refractivity contribution in [3.63, 3.8) is 0 Å². The maximum Gasteiger partial charge on any atom is 0.433 e. The minimum absolute atomic E-state index is 0.0722. The van der Waals surface area contributed by atoms with Crippen LogP contribution in [-0.4, -0.2) is 99.8 Å². The standard InChI is InChI=1S/C44H51F3N8O6/c1-42(2,60)31-23-33-29(21-34(31)49-39(57)32-5-4-6-37(48-32)44(45,46)47)26-55(51-33)30-10-16-52(17-11-30)15-9-27-24-43(25-27)13-19-53(20-14-43)40(58)28-7-8-36(61-3)35(22-28)54-18-12-38(56)50-41(54)59/h4-8,21-23,26-27,30,60H,9-20,24-25H2,1-3H3,(H,49,57)(H,50,56,59). The molecule has 0 atom stereocenters. The second kappa shape index (κ2) is 16.4. The van der Waals surface area contributed by atoms with Crippen molar-refractivity contribution >= 4 is 46.0 Å². The number of fused-ring (bicyclic) bond motifs is 1. The molecule has 5 heterocycles. The number of anilines is 2. The van der Waals surface area contributed by atoms with Crippen molar-refractivity contribution in [3.8, 4) is 5.75 Å². The number of benzene rings is 2. The van der Waals surface area contributed by atoms with Crippen LogP contribution in [0.25, 0.3) is 10.9 Å². The summed E-state index contributed by atoms with van der Waals surface area (Å²) in [4.78, 5) is 60.3. The molecule has 0 unspecified atom stereocenters. The molecule has 4 aliphatic rings. The number of aromatic nitrogens is 3. The Kier molecular flexibility index (Phi) is 11.3. The van der Waals surface area contributed by atoms with E-state index in [4.69, 9.17) is 9.84 Å². The van der Waals surface area contributed by atoms with Gasteiger partial charge < -0.3 is 25.0 Å². The zero-order valence-electron chi connectivity index (χ0n) is 34.6. The molecular formula is C44H51F3N8O6. The second-order valence-electron chi connectivity index (χ2n) is 17.6. The van der Waals surface area contributed by atoms with Crippen LogP contribution < -0.4 is 20.3 Å². The number of carbonyl (C=O) groups excluding carboxylic acids is 4. The number of imide groups is 1. The first-order chi connectivity index (χ1) is 29.0. The second-order valence-corrected chi connectivity index (χ2v) is 17.6. The minimum atomic E-state index is -4.70. The third-order valence-electron chi connectivity index (χ3n) is 13.0. The van der Waals surface area contributed by atoms with Gasteiger partial charge in [0, 0.05) is 67.5 Å². The van der Waals surface area contributed by atoms with E-state index >= 15 is 0 Å². The summed E-state index contributed by atoms with van der Waals surface area (Å²) >= 11 is 0. The molecule has 324 valence electrons. The number of hydrogen-bond donors (Lipinski definition) is 3. The highest BCUT2D eigenvalue weighted by molar-refractivity contribution is 6.07. The highest BCUT2D eigenvalue weighted by Gasteiger charge is 2.46. The van der Waals surface area contributed by atoms with E-state index in [1.165, 1.54) is 30.9 Å². The van der Waals surface area contributed by atoms with Crippen molar-refractivity contribution in [2.24, 2.45) is 11.3 Å². The van der Waals surface area contributed by atoms with Gasteiger partial charge in [0.1, 0.15) is 17.1 Å². The monoisotopic (exact) mass is 844 g/mol. The van der Waals surface area contributed by atoms with Crippen LogP contribution in [0.1, 0.15) is 103 Å². The van der Waals surface area contributed by atoms with Crippen LogP contribution in [0, 0.1) is 11.3 Å². The summed E-state index contributed by atoms with van der Waals surface area (Å²) in [7, 11) is 1.51. The Hall–Kier alpha value is -5.55. The van der Waals surface area contributed by atoms with Gasteiger partial charge in [-0.3, -0.25) is 29.3 Å². The van der Waals surface area contributed by atoms with Crippen LogP contribution in [0.5, 0.6) is 5.75 Å². The first-order valence-electron chi connectivity index (χ1n) is 20.9. The summed E-state index contributed by atoms with van der Waals surface area (Å²) in [5, 5.41) is 21.6. The molecule has 2 aromatic carbocycles. The summed E-state index contributed by atoms with van der Waals surface area (Å²) in [5.41, 5.74) is -0.412. The number of likely N-dealkylation sites (tertiary alicyclic amines) is 2. The number of hydrogen-bond acceptors (Lipinski definition) is 9. The van der Waals surface area contributed by atoms with E-state index < -0.39 is 29.4 Å². The Labute approximate surface area is 351 Å². The number of rotatable bonds is 10. The van der Waals surface area contributed by atoms with Crippen molar-refractivity contribution in [3.05, 3.63) is 77.2 Å². The largest absolute Gasteiger partial charge is 0.495 e. The van der Waals surface area contributed by atoms with Gasteiger partial charge in [-0.05, 0) is 119 Å². The van der Waals surface area contributed by atoms with Crippen molar-refractivity contribution in [1.29, 1.82) is 0 Å². The number of pyridine rings is 1. The Morgan fingerprint density at radius 3 is 2.41 bits per heavy atom. The van der Waals surface area contributed by atoms with Crippen LogP contribution in [0.15, 0.2) is 54.7 Å². The Balaban J connectivity index is 0.812.